The van der Waals surface area contributed by atoms with E-state index in [1.165, 1.54) is 4.81 Å². The van der Waals surface area contributed by atoms with Crippen LogP contribution in [0.2, 0.25) is 0 Å². The molecule has 1 aliphatic heterocycles. The van der Waals surface area contributed by atoms with Crippen LogP contribution < -0.4 is 10.8 Å². The van der Waals surface area contributed by atoms with Crippen LogP contribution in [0.1, 0.15) is 5.56 Å². The number of rotatable bonds is 2. The van der Waals surface area contributed by atoms with Crippen LogP contribution in [0.25, 0.3) is 0 Å². The first-order valence-corrected chi connectivity index (χ1v) is 6.14. The number of hydrogen-bond donors (Lipinski definition) is 2. The van der Waals surface area contributed by atoms with Gasteiger partial charge < -0.3 is 15.2 Å². The number of amides is 2. The number of para-hydroxylation sites is 1. The zero-order valence-corrected chi connectivity index (χ0v) is 10.3. The van der Waals surface area contributed by atoms with Gasteiger partial charge in [-0.15, -0.1) is 0 Å². The summed E-state index contributed by atoms with van der Waals surface area (Å²) in [4.78, 5) is 13.4. The van der Waals surface area contributed by atoms with Gasteiger partial charge in [-0.1, -0.05) is 48.5 Å². The monoisotopic (exact) mass is 252 g/mol. The van der Waals surface area contributed by atoms with Crippen LogP contribution in [-0.4, -0.2) is 22.9 Å². The minimum Gasteiger partial charge on any atom is -0.428 e. The average molecular weight is 252 g/mol. The molecule has 0 fully saturated rings. The molecule has 0 saturated carbocycles. The maximum Gasteiger partial charge on any atom is 0.455 e. The van der Waals surface area contributed by atoms with Gasteiger partial charge in [0.1, 0.15) is 0 Å². The molecule has 2 N–H and O–H groups in total. The molecule has 0 bridgehead atoms. The molecule has 0 aromatic heterocycles. The van der Waals surface area contributed by atoms with Crippen LogP contribution in [-0.2, 0) is 6.54 Å². The van der Waals surface area contributed by atoms with Gasteiger partial charge >= 0.3 is 13.1 Å². The van der Waals surface area contributed by atoms with Crippen LogP contribution in [0.5, 0.6) is 0 Å². The van der Waals surface area contributed by atoms with E-state index in [0.29, 0.717) is 12.2 Å². The molecule has 0 unspecified atom stereocenters. The van der Waals surface area contributed by atoms with E-state index >= 15 is 0 Å². The van der Waals surface area contributed by atoms with Gasteiger partial charge in [-0.25, -0.2) is 4.79 Å². The third-order valence-electron chi connectivity index (χ3n) is 3.23. The summed E-state index contributed by atoms with van der Waals surface area (Å²) in [6.45, 7) is 0.377. The van der Waals surface area contributed by atoms with Crippen molar-refractivity contribution in [2.75, 3.05) is 5.32 Å². The molecule has 0 spiro atoms. The summed E-state index contributed by atoms with van der Waals surface area (Å²) in [5.41, 5.74) is 2.37. The lowest BCUT2D eigenvalue weighted by Crippen LogP contribution is -2.57. The summed E-state index contributed by atoms with van der Waals surface area (Å²) in [5, 5.41) is 13.1. The van der Waals surface area contributed by atoms with Crippen LogP contribution >= 0.6 is 0 Å². The summed E-state index contributed by atoms with van der Waals surface area (Å²) >= 11 is 0. The Labute approximate surface area is 111 Å². The minimum atomic E-state index is -0.912. The van der Waals surface area contributed by atoms with Crippen molar-refractivity contribution in [3.05, 3.63) is 60.2 Å². The zero-order valence-electron chi connectivity index (χ0n) is 10.3. The molecule has 19 heavy (non-hydrogen) atoms. The van der Waals surface area contributed by atoms with Crippen LogP contribution in [0.4, 0.5) is 10.5 Å². The van der Waals surface area contributed by atoms with Crippen molar-refractivity contribution >= 4 is 24.2 Å². The molecular formula is C14H13BN2O2. The highest BCUT2D eigenvalue weighted by molar-refractivity contribution is 6.69. The SMILES string of the molecule is O=C1Nc2ccccc2B(O)N1Cc1ccccc1. The Morgan fingerprint density at radius 1 is 1.05 bits per heavy atom. The second-order valence-corrected chi connectivity index (χ2v) is 4.50. The van der Waals surface area contributed by atoms with E-state index in [1.54, 1.807) is 6.07 Å². The van der Waals surface area contributed by atoms with Crippen LogP contribution in [0.3, 0.4) is 0 Å². The number of nitrogens with zero attached hydrogens (tertiary/aromatic N) is 1. The lowest BCUT2D eigenvalue weighted by molar-refractivity contribution is 0.229. The predicted octanol–water partition coefficient (Wildman–Crippen LogP) is 1.42. The van der Waals surface area contributed by atoms with Gasteiger partial charge in [-0.05, 0) is 17.1 Å². The van der Waals surface area contributed by atoms with E-state index in [2.05, 4.69) is 5.32 Å². The Morgan fingerprint density at radius 2 is 1.74 bits per heavy atom. The van der Waals surface area contributed by atoms with E-state index in [-0.39, 0.29) is 6.03 Å². The van der Waals surface area contributed by atoms with Crippen molar-refractivity contribution in [1.82, 2.24) is 4.81 Å². The molecule has 0 radical (unpaired) electrons. The number of hydrogen-bond acceptors (Lipinski definition) is 2. The van der Waals surface area contributed by atoms with Gasteiger partial charge in [-0.2, -0.15) is 0 Å². The molecule has 94 valence electrons. The van der Waals surface area contributed by atoms with Crippen molar-refractivity contribution in [2.24, 2.45) is 0 Å². The summed E-state index contributed by atoms with van der Waals surface area (Å²) in [7, 11) is -0.912. The first kappa shape index (κ1) is 11.8. The molecule has 2 aromatic carbocycles. The van der Waals surface area contributed by atoms with Gasteiger partial charge in [-0.3, -0.25) is 0 Å². The molecule has 0 saturated heterocycles. The average Bonchev–Trinajstić information content (AvgIpc) is 2.45. The largest absolute Gasteiger partial charge is 0.455 e. The minimum absolute atomic E-state index is 0.282. The number of fused-ring (bicyclic) bond motifs is 1. The topological polar surface area (TPSA) is 52.6 Å². The fourth-order valence-electron chi connectivity index (χ4n) is 2.24. The first-order valence-electron chi connectivity index (χ1n) is 6.14. The highest BCUT2D eigenvalue weighted by Crippen LogP contribution is 2.16. The number of anilines is 1. The normalized spacial score (nSPS) is 14.1. The molecule has 0 atom stereocenters. The second-order valence-electron chi connectivity index (χ2n) is 4.50. The second kappa shape index (κ2) is 4.78. The quantitative estimate of drug-likeness (QED) is 0.794. The summed E-state index contributed by atoms with van der Waals surface area (Å²) in [6.07, 6.45) is 0. The Kier molecular flexibility index (Phi) is 2.97. The molecule has 2 amide bonds. The van der Waals surface area contributed by atoms with E-state index in [0.717, 1.165) is 11.0 Å². The lowest BCUT2D eigenvalue weighted by Gasteiger charge is -2.31. The molecule has 2 aromatic rings. The van der Waals surface area contributed by atoms with Crippen molar-refractivity contribution < 1.29 is 9.82 Å². The standard InChI is InChI=1S/C14H13BN2O2/c18-14-16-13-9-5-4-8-12(13)15(19)17(14)10-11-6-2-1-3-7-11/h1-9,19H,10H2,(H,16,18). The maximum atomic E-state index is 12.0. The van der Waals surface area contributed by atoms with Gasteiger partial charge in [0.25, 0.3) is 0 Å². The molecule has 1 aliphatic rings. The van der Waals surface area contributed by atoms with E-state index in [1.807, 2.05) is 48.5 Å². The lowest BCUT2D eigenvalue weighted by atomic mass is 9.69. The van der Waals surface area contributed by atoms with Crippen molar-refractivity contribution in [1.29, 1.82) is 0 Å². The van der Waals surface area contributed by atoms with E-state index in [4.69, 9.17) is 0 Å². The number of urea groups is 1. The zero-order chi connectivity index (χ0) is 13.2. The summed E-state index contributed by atoms with van der Waals surface area (Å²) in [5.74, 6) is 0. The van der Waals surface area contributed by atoms with E-state index in [9.17, 15) is 9.82 Å². The molecule has 3 rings (SSSR count). The highest BCUT2D eigenvalue weighted by atomic mass is 16.2. The highest BCUT2D eigenvalue weighted by Gasteiger charge is 2.35. The van der Waals surface area contributed by atoms with Crippen molar-refractivity contribution in [3.63, 3.8) is 0 Å². The fraction of sp³-hybridized carbons (Fsp3) is 0.0714. The third-order valence-corrected chi connectivity index (χ3v) is 3.23. The fourth-order valence-corrected chi connectivity index (χ4v) is 2.24. The third kappa shape index (κ3) is 2.20. The number of benzene rings is 2. The Balaban J connectivity index is 1.89. The van der Waals surface area contributed by atoms with Gasteiger partial charge in [0.2, 0.25) is 0 Å². The molecular weight excluding hydrogens is 239 g/mol. The smallest absolute Gasteiger partial charge is 0.428 e. The summed E-state index contributed by atoms with van der Waals surface area (Å²) < 4.78 is 0. The number of carbonyl (C=O) groups excluding carboxylic acids is 1. The Hall–Kier alpha value is -2.27. The molecule has 5 heteroatoms. The first-order chi connectivity index (χ1) is 9.25. The maximum absolute atomic E-state index is 12.0. The number of carbonyl (C=O) groups is 1. The van der Waals surface area contributed by atoms with Gasteiger partial charge in [0.15, 0.2) is 0 Å². The molecule has 1 heterocycles. The molecule has 0 aliphatic carbocycles. The Bertz CT molecular complexity index is 603. The summed E-state index contributed by atoms with van der Waals surface area (Å²) in [6, 6.07) is 16.6. The molecule has 4 nitrogen and oxygen atoms in total. The van der Waals surface area contributed by atoms with Crippen LogP contribution in [0.15, 0.2) is 54.6 Å². The number of nitrogens with one attached hydrogen (secondary N) is 1. The van der Waals surface area contributed by atoms with Crippen molar-refractivity contribution in [3.8, 4) is 0 Å². The van der Waals surface area contributed by atoms with E-state index < -0.39 is 7.05 Å². The van der Waals surface area contributed by atoms with Gasteiger partial charge in [0, 0.05) is 12.2 Å². The van der Waals surface area contributed by atoms with Crippen LogP contribution in [0, 0.1) is 0 Å². The van der Waals surface area contributed by atoms with Crippen molar-refractivity contribution in [2.45, 2.75) is 6.54 Å². The Morgan fingerprint density at radius 3 is 2.53 bits per heavy atom. The predicted molar refractivity (Wildman–Crippen MR) is 75.1 cm³/mol. The van der Waals surface area contributed by atoms with Gasteiger partial charge in [0.05, 0.1) is 0 Å².